The van der Waals surface area contributed by atoms with Crippen LogP contribution in [0.1, 0.15) is 78.7 Å². The molecule has 1 aliphatic carbocycles. The van der Waals surface area contributed by atoms with E-state index in [1.807, 2.05) is 53.9 Å². The molecule has 0 radical (unpaired) electrons. The van der Waals surface area contributed by atoms with Crippen LogP contribution in [0.2, 0.25) is 0 Å². The minimum absolute atomic E-state index is 0.0987. The van der Waals surface area contributed by atoms with E-state index in [4.69, 9.17) is 4.52 Å². The van der Waals surface area contributed by atoms with Crippen molar-refractivity contribution in [1.29, 1.82) is 0 Å². The first kappa shape index (κ1) is 24.5. The number of aromatic nitrogens is 1. The third-order valence-electron chi connectivity index (χ3n) is 6.84. The molecule has 4 rings (SSSR count). The zero-order chi connectivity index (χ0) is 24.1. The highest BCUT2D eigenvalue weighted by molar-refractivity contribution is 5.97. The monoisotopic (exact) mass is 466 g/mol. The van der Waals surface area contributed by atoms with Gasteiger partial charge in [0.05, 0.1) is 0 Å². The molecule has 1 aromatic heterocycles. The van der Waals surface area contributed by atoms with Crippen molar-refractivity contribution in [2.45, 2.75) is 71.4 Å². The summed E-state index contributed by atoms with van der Waals surface area (Å²) in [6.45, 7) is 4.33. The lowest BCUT2D eigenvalue weighted by Crippen LogP contribution is -2.36. The summed E-state index contributed by atoms with van der Waals surface area (Å²) in [6.07, 6.45) is 8.49. The lowest BCUT2D eigenvalue weighted by atomic mass is 10.1. The molecule has 0 N–H and O–H groups in total. The summed E-state index contributed by atoms with van der Waals surface area (Å²) in [5, 5.41) is 4.16. The molecule has 0 bridgehead atoms. The second-order valence-electron chi connectivity index (χ2n) is 10.0. The maximum Gasteiger partial charge on any atom is 0.276 e. The van der Waals surface area contributed by atoms with Crippen LogP contribution in [0.5, 0.6) is 0 Å². The zero-order valence-corrected chi connectivity index (χ0v) is 20.9. The second kappa shape index (κ2) is 11.2. The zero-order valence-electron chi connectivity index (χ0n) is 20.9. The van der Waals surface area contributed by atoms with Crippen molar-refractivity contribution in [2.75, 3.05) is 32.1 Å². The van der Waals surface area contributed by atoms with Gasteiger partial charge >= 0.3 is 0 Å². The first-order chi connectivity index (χ1) is 16.5. The Morgan fingerprint density at radius 3 is 2.41 bits per heavy atom. The summed E-state index contributed by atoms with van der Waals surface area (Å²) in [7, 11) is 3.95. The van der Waals surface area contributed by atoms with Gasteiger partial charge in [-0.1, -0.05) is 49.0 Å². The summed E-state index contributed by atoms with van der Waals surface area (Å²) in [5.74, 6) is 0.983. The Kier molecular flexibility index (Phi) is 8.03. The number of amides is 2. The van der Waals surface area contributed by atoms with Gasteiger partial charge in [0.2, 0.25) is 5.91 Å². The highest BCUT2D eigenvalue weighted by Crippen LogP contribution is 2.34. The molecule has 1 aromatic carbocycles. The Bertz CT molecular complexity index is 996. The van der Waals surface area contributed by atoms with E-state index in [-0.39, 0.29) is 17.7 Å². The van der Waals surface area contributed by atoms with Crippen LogP contribution < -0.4 is 4.90 Å². The molecule has 2 aliphatic rings. The SMILES string of the molecule is Cc1onc(C(=O)N2CCCCCCCCN(C(=O)C3CC3)c3ccccc3C2)c1CN(C)C. The van der Waals surface area contributed by atoms with Gasteiger partial charge in [-0.3, -0.25) is 9.59 Å². The maximum absolute atomic E-state index is 13.7. The number of hydrogen-bond donors (Lipinski definition) is 0. The fourth-order valence-corrected chi connectivity index (χ4v) is 4.76. The molecule has 1 saturated carbocycles. The van der Waals surface area contributed by atoms with Gasteiger partial charge in [0.25, 0.3) is 5.91 Å². The largest absolute Gasteiger partial charge is 0.361 e. The van der Waals surface area contributed by atoms with Gasteiger partial charge in [-0.05, 0) is 58.3 Å². The van der Waals surface area contributed by atoms with Crippen molar-refractivity contribution in [2.24, 2.45) is 5.92 Å². The van der Waals surface area contributed by atoms with E-state index in [0.717, 1.165) is 74.7 Å². The molecule has 7 nitrogen and oxygen atoms in total. The molecule has 0 saturated heterocycles. The van der Waals surface area contributed by atoms with Gasteiger partial charge in [-0.2, -0.15) is 0 Å². The van der Waals surface area contributed by atoms with Gasteiger partial charge in [0, 0.05) is 43.3 Å². The van der Waals surface area contributed by atoms with Crippen molar-refractivity contribution in [1.82, 2.24) is 15.0 Å². The molecule has 1 fully saturated rings. The number of carbonyl (C=O) groups excluding carboxylic acids is 2. The van der Waals surface area contributed by atoms with Crippen molar-refractivity contribution in [3.8, 4) is 0 Å². The molecule has 184 valence electrons. The van der Waals surface area contributed by atoms with E-state index < -0.39 is 0 Å². The smallest absolute Gasteiger partial charge is 0.276 e. The first-order valence-corrected chi connectivity index (χ1v) is 12.7. The number of anilines is 1. The molecular formula is C27H38N4O3. The van der Waals surface area contributed by atoms with Gasteiger partial charge in [0.15, 0.2) is 5.69 Å². The topological polar surface area (TPSA) is 69.9 Å². The number of fused-ring (bicyclic) bond motifs is 1. The van der Waals surface area contributed by atoms with Crippen molar-refractivity contribution < 1.29 is 14.1 Å². The number of hydrogen-bond acceptors (Lipinski definition) is 5. The van der Waals surface area contributed by atoms with E-state index in [2.05, 4.69) is 11.2 Å². The van der Waals surface area contributed by atoms with Crippen molar-refractivity contribution in [3.63, 3.8) is 0 Å². The van der Waals surface area contributed by atoms with Crippen molar-refractivity contribution in [3.05, 3.63) is 46.8 Å². The Hall–Kier alpha value is -2.67. The molecule has 0 atom stereocenters. The molecule has 7 heteroatoms. The lowest BCUT2D eigenvalue weighted by molar-refractivity contribution is -0.119. The van der Waals surface area contributed by atoms with Gasteiger partial charge in [-0.15, -0.1) is 0 Å². The average Bonchev–Trinajstić information content (AvgIpc) is 3.60. The van der Waals surface area contributed by atoms with Crippen molar-refractivity contribution >= 4 is 17.5 Å². The number of para-hydroxylation sites is 1. The standard InChI is InChI=1S/C27H38N4O3/c1-20-23(19-29(2)3)25(28-34-20)27(33)30-16-10-6-4-5-7-11-17-31(26(32)21-14-15-21)24-13-9-8-12-22(24)18-30/h8-9,12-13,21H,4-7,10-11,14-19H2,1-3H3. The number of rotatable bonds is 4. The molecule has 2 amide bonds. The molecule has 2 aromatic rings. The predicted molar refractivity (Wildman–Crippen MR) is 133 cm³/mol. The Morgan fingerprint density at radius 1 is 1.03 bits per heavy atom. The maximum atomic E-state index is 13.7. The van der Waals surface area contributed by atoms with Crippen LogP contribution in [-0.2, 0) is 17.9 Å². The van der Waals surface area contributed by atoms with Crippen LogP contribution in [0.15, 0.2) is 28.8 Å². The van der Waals surface area contributed by atoms with Gasteiger partial charge < -0.3 is 19.2 Å². The molecule has 0 unspecified atom stereocenters. The van der Waals surface area contributed by atoms with Crippen LogP contribution in [0.4, 0.5) is 5.69 Å². The third-order valence-corrected chi connectivity index (χ3v) is 6.84. The fraction of sp³-hybridized carbons (Fsp3) is 0.593. The van der Waals surface area contributed by atoms with Crippen LogP contribution in [-0.4, -0.2) is 54.0 Å². The number of carbonyl (C=O) groups is 2. The lowest BCUT2D eigenvalue weighted by Gasteiger charge is -2.28. The minimum Gasteiger partial charge on any atom is -0.361 e. The highest BCUT2D eigenvalue weighted by Gasteiger charge is 2.35. The summed E-state index contributed by atoms with van der Waals surface area (Å²) >= 11 is 0. The minimum atomic E-state index is -0.0987. The molecule has 2 heterocycles. The normalized spacial score (nSPS) is 18.1. The third kappa shape index (κ3) is 5.87. The highest BCUT2D eigenvalue weighted by atomic mass is 16.5. The van der Waals surface area contributed by atoms with E-state index in [0.29, 0.717) is 31.1 Å². The van der Waals surface area contributed by atoms with Crippen LogP contribution in [0.25, 0.3) is 0 Å². The predicted octanol–water partition coefficient (Wildman–Crippen LogP) is 4.78. The Labute approximate surface area is 203 Å². The second-order valence-corrected chi connectivity index (χ2v) is 10.0. The Morgan fingerprint density at radius 2 is 1.71 bits per heavy atom. The van der Waals surface area contributed by atoms with Gasteiger partial charge in [0.1, 0.15) is 5.76 Å². The van der Waals surface area contributed by atoms with Crippen LogP contribution >= 0.6 is 0 Å². The molecular weight excluding hydrogens is 428 g/mol. The van der Waals surface area contributed by atoms with Crippen LogP contribution in [0.3, 0.4) is 0 Å². The number of benzene rings is 1. The Balaban J connectivity index is 1.66. The van der Waals surface area contributed by atoms with Crippen LogP contribution in [0, 0.1) is 12.8 Å². The quantitative estimate of drug-likeness (QED) is 0.648. The average molecular weight is 467 g/mol. The molecule has 34 heavy (non-hydrogen) atoms. The summed E-state index contributed by atoms with van der Waals surface area (Å²) in [4.78, 5) is 32.9. The summed E-state index contributed by atoms with van der Waals surface area (Å²) < 4.78 is 5.44. The number of aryl methyl sites for hydroxylation is 1. The van der Waals surface area contributed by atoms with E-state index in [9.17, 15) is 9.59 Å². The number of nitrogens with zero attached hydrogens (tertiary/aromatic N) is 4. The van der Waals surface area contributed by atoms with E-state index in [1.165, 1.54) is 0 Å². The molecule has 1 aliphatic heterocycles. The van der Waals surface area contributed by atoms with E-state index >= 15 is 0 Å². The van der Waals surface area contributed by atoms with Gasteiger partial charge in [-0.25, -0.2) is 0 Å². The first-order valence-electron chi connectivity index (χ1n) is 12.7. The fourth-order valence-electron chi connectivity index (χ4n) is 4.76. The summed E-state index contributed by atoms with van der Waals surface area (Å²) in [6, 6.07) is 8.08. The molecule has 0 spiro atoms. The summed E-state index contributed by atoms with van der Waals surface area (Å²) in [5.41, 5.74) is 3.20. The van der Waals surface area contributed by atoms with E-state index in [1.54, 1.807) is 0 Å².